The Bertz CT molecular complexity index is 948. The molecular formula is C48H94N4O6. The lowest BCUT2D eigenvalue weighted by Gasteiger charge is -2.22. The predicted molar refractivity (Wildman–Crippen MR) is 243 cm³/mol. The Balaban J connectivity index is 4.46. The van der Waals surface area contributed by atoms with Crippen molar-refractivity contribution in [2.75, 3.05) is 46.4 Å². The zero-order chi connectivity index (χ0) is 42.6. The van der Waals surface area contributed by atoms with Crippen molar-refractivity contribution in [3.8, 4) is 0 Å². The first-order chi connectivity index (χ1) is 28.4. The molecule has 10 nitrogen and oxygen atoms in total. The number of carbonyl (C=O) groups is 2. The Morgan fingerprint density at radius 3 is 1.47 bits per heavy atom. The lowest BCUT2D eigenvalue weighted by atomic mass is 9.94. The monoisotopic (exact) mass is 823 g/mol. The van der Waals surface area contributed by atoms with Crippen molar-refractivity contribution in [3.05, 3.63) is 22.1 Å². The van der Waals surface area contributed by atoms with Crippen molar-refractivity contribution >= 4 is 11.9 Å². The van der Waals surface area contributed by atoms with Crippen LogP contribution in [-0.4, -0.2) is 68.2 Å². The van der Waals surface area contributed by atoms with Crippen molar-refractivity contribution in [2.45, 2.75) is 233 Å². The summed E-state index contributed by atoms with van der Waals surface area (Å²) in [7, 11) is 1.56. The van der Waals surface area contributed by atoms with E-state index in [2.05, 4.69) is 36.3 Å². The Morgan fingerprint density at radius 1 is 0.569 bits per heavy atom. The molecule has 0 radical (unpaired) electrons. The van der Waals surface area contributed by atoms with Crippen LogP contribution < -0.4 is 10.6 Å². The fourth-order valence-corrected chi connectivity index (χ4v) is 7.56. The molecule has 342 valence electrons. The minimum atomic E-state index is -0.422. The number of esters is 2. The summed E-state index contributed by atoms with van der Waals surface area (Å²) < 4.78 is 11.3. The van der Waals surface area contributed by atoms with Gasteiger partial charge >= 0.3 is 17.8 Å². The van der Waals surface area contributed by atoms with Crippen molar-refractivity contribution in [1.82, 2.24) is 15.5 Å². The predicted octanol–water partition coefficient (Wildman–Crippen LogP) is 12.8. The van der Waals surface area contributed by atoms with E-state index >= 15 is 0 Å². The molecule has 0 aliphatic rings. The van der Waals surface area contributed by atoms with Crippen LogP contribution in [0.1, 0.15) is 233 Å². The number of hydrogen-bond acceptors (Lipinski definition) is 9. The van der Waals surface area contributed by atoms with E-state index in [1.165, 1.54) is 103 Å². The highest BCUT2D eigenvalue weighted by atomic mass is 16.6. The summed E-state index contributed by atoms with van der Waals surface area (Å²) in [6.07, 6.45) is 39.3. The molecule has 0 aliphatic heterocycles. The number of ether oxygens (including phenoxy) is 2. The zero-order valence-corrected chi connectivity index (χ0v) is 38.6. The smallest absolute Gasteiger partial charge is 0.331 e. The second-order valence-corrected chi connectivity index (χ2v) is 16.8. The molecule has 0 aromatic rings. The molecule has 0 heterocycles. The van der Waals surface area contributed by atoms with Gasteiger partial charge in [-0.25, -0.2) is 0 Å². The van der Waals surface area contributed by atoms with Gasteiger partial charge in [0.2, 0.25) is 0 Å². The fourth-order valence-electron chi connectivity index (χ4n) is 7.56. The Labute approximate surface area is 357 Å². The standard InChI is InChI=1S/C48H94N4O6/c1-5-8-11-14-17-25-32-42-57-47(53)37-29-22-18-23-30-39-51(41-34-38-50-44-46(49-4)52(55)56)40-31-24-19-26-33-43-58-48(54)45(35-27-20-15-12-9-6-2)36-28-21-16-13-10-7-3/h44-45,49-50H,5-43H2,1-4H3. The second-order valence-electron chi connectivity index (χ2n) is 16.8. The topological polar surface area (TPSA) is 123 Å². The maximum atomic E-state index is 13.1. The molecule has 2 N–H and O–H groups in total. The maximum absolute atomic E-state index is 13.1. The highest BCUT2D eigenvalue weighted by Crippen LogP contribution is 2.21. The first-order valence-electron chi connectivity index (χ1n) is 24.7. The highest BCUT2D eigenvalue weighted by molar-refractivity contribution is 5.72. The van der Waals surface area contributed by atoms with Gasteiger partial charge < -0.3 is 29.8 Å². The van der Waals surface area contributed by atoms with Gasteiger partial charge in [0.05, 0.1) is 32.4 Å². The Hall–Kier alpha value is -2.36. The number of rotatable bonds is 46. The van der Waals surface area contributed by atoms with E-state index in [1.54, 1.807) is 7.05 Å². The molecule has 58 heavy (non-hydrogen) atoms. The molecule has 0 bridgehead atoms. The quantitative estimate of drug-likeness (QED) is 0.0267. The van der Waals surface area contributed by atoms with Crippen molar-refractivity contribution in [1.29, 1.82) is 0 Å². The van der Waals surface area contributed by atoms with Gasteiger partial charge in [-0.3, -0.25) is 14.9 Å². The molecular weight excluding hydrogens is 729 g/mol. The Morgan fingerprint density at radius 2 is 0.983 bits per heavy atom. The lowest BCUT2D eigenvalue weighted by molar-refractivity contribution is -0.431. The molecule has 0 aromatic heterocycles. The van der Waals surface area contributed by atoms with Crippen LogP contribution in [0.4, 0.5) is 0 Å². The third-order valence-corrected chi connectivity index (χ3v) is 11.4. The van der Waals surface area contributed by atoms with Gasteiger partial charge in [-0.1, -0.05) is 175 Å². The summed E-state index contributed by atoms with van der Waals surface area (Å²) >= 11 is 0. The molecule has 0 rings (SSSR count). The molecule has 0 fully saturated rings. The summed E-state index contributed by atoms with van der Waals surface area (Å²) in [6.45, 7) is 11.6. The van der Waals surface area contributed by atoms with Crippen LogP contribution in [0.25, 0.3) is 0 Å². The normalized spacial score (nSPS) is 11.7. The molecule has 0 saturated carbocycles. The number of hydrogen-bond donors (Lipinski definition) is 2. The summed E-state index contributed by atoms with van der Waals surface area (Å²) in [4.78, 5) is 38.4. The highest BCUT2D eigenvalue weighted by Gasteiger charge is 2.19. The summed E-state index contributed by atoms with van der Waals surface area (Å²) in [5, 5.41) is 16.7. The van der Waals surface area contributed by atoms with E-state index in [4.69, 9.17) is 9.47 Å². The van der Waals surface area contributed by atoms with E-state index < -0.39 is 4.92 Å². The molecule has 10 heteroatoms. The largest absolute Gasteiger partial charge is 0.466 e. The average Bonchev–Trinajstić information content (AvgIpc) is 3.21. The molecule has 0 amide bonds. The zero-order valence-electron chi connectivity index (χ0n) is 38.6. The first kappa shape index (κ1) is 55.6. The number of nitro groups is 1. The second kappa shape index (κ2) is 44.2. The SMILES string of the molecule is CCCCCCCCCOC(=O)CCCCCCCN(CCCCCCCOC(=O)C(CCCCCCCC)CCCCCCCC)CCCNC=C(NC)[N+](=O)[O-]. The first-order valence-corrected chi connectivity index (χ1v) is 24.7. The van der Waals surface area contributed by atoms with Gasteiger partial charge in [0.1, 0.15) is 0 Å². The molecule has 0 saturated heterocycles. The minimum Gasteiger partial charge on any atom is -0.466 e. The number of unbranched alkanes of at least 4 members (excludes halogenated alkanes) is 24. The number of carbonyl (C=O) groups excluding carboxylic acids is 2. The fraction of sp³-hybridized carbons (Fsp3) is 0.917. The molecule has 0 unspecified atom stereocenters. The molecule has 0 aromatic carbocycles. The van der Waals surface area contributed by atoms with E-state index in [0.29, 0.717) is 26.2 Å². The van der Waals surface area contributed by atoms with Crippen LogP contribution in [0.5, 0.6) is 0 Å². The minimum absolute atomic E-state index is 0.0331. The van der Waals surface area contributed by atoms with Gasteiger partial charge in [0, 0.05) is 13.0 Å². The third kappa shape index (κ3) is 37.9. The number of nitrogens with one attached hydrogen (secondary N) is 2. The van der Waals surface area contributed by atoms with E-state index in [9.17, 15) is 19.7 Å². The van der Waals surface area contributed by atoms with Crippen LogP contribution in [-0.2, 0) is 19.1 Å². The number of nitrogens with zero attached hydrogens (tertiary/aromatic N) is 2. The molecule has 0 aliphatic carbocycles. The third-order valence-electron chi connectivity index (χ3n) is 11.4. The van der Waals surface area contributed by atoms with Crippen LogP contribution in [0, 0.1) is 16.0 Å². The van der Waals surface area contributed by atoms with Crippen LogP contribution in [0.15, 0.2) is 12.0 Å². The van der Waals surface area contributed by atoms with Crippen molar-refractivity contribution < 1.29 is 24.0 Å². The summed E-state index contributed by atoms with van der Waals surface area (Å²) in [6, 6.07) is 0. The lowest BCUT2D eigenvalue weighted by Crippen LogP contribution is -2.29. The van der Waals surface area contributed by atoms with Crippen LogP contribution in [0.2, 0.25) is 0 Å². The maximum Gasteiger partial charge on any atom is 0.331 e. The van der Waals surface area contributed by atoms with E-state index in [-0.39, 0.29) is 23.7 Å². The Kier molecular flexibility index (Phi) is 42.4. The van der Waals surface area contributed by atoms with Gasteiger partial charge in [-0.05, 0) is 75.9 Å². The van der Waals surface area contributed by atoms with Crippen LogP contribution >= 0.6 is 0 Å². The van der Waals surface area contributed by atoms with Crippen molar-refractivity contribution in [3.63, 3.8) is 0 Å². The van der Waals surface area contributed by atoms with E-state index in [0.717, 1.165) is 129 Å². The summed E-state index contributed by atoms with van der Waals surface area (Å²) in [5.74, 6) is 0.0307. The molecule has 0 atom stereocenters. The van der Waals surface area contributed by atoms with Gasteiger partial charge in [-0.15, -0.1) is 0 Å². The average molecular weight is 823 g/mol. The van der Waals surface area contributed by atoms with Gasteiger partial charge in [-0.2, -0.15) is 0 Å². The van der Waals surface area contributed by atoms with Crippen LogP contribution in [0.3, 0.4) is 0 Å². The van der Waals surface area contributed by atoms with Crippen molar-refractivity contribution in [2.24, 2.45) is 5.92 Å². The summed E-state index contributed by atoms with van der Waals surface area (Å²) in [5.41, 5.74) is 0. The van der Waals surface area contributed by atoms with E-state index in [1.807, 2.05) is 0 Å². The van der Waals surface area contributed by atoms with Gasteiger partial charge in [0.25, 0.3) is 0 Å². The molecule has 0 spiro atoms. The van der Waals surface area contributed by atoms with Gasteiger partial charge in [0.15, 0.2) is 0 Å².